The molecule has 2 aliphatic heterocycles. The van der Waals surface area contributed by atoms with Crippen LogP contribution in [0, 0.1) is 0 Å². The first kappa shape index (κ1) is 29.5. The average Bonchev–Trinajstić information content (AvgIpc) is 3.81. The molecule has 12 heteroatoms. The number of hydrogen-bond donors (Lipinski definition) is 0. The number of nitrogens with zero attached hydrogens (tertiary/aromatic N) is 4. The van der Waals surface area contributed by atoms with Gasteiger partial charge in [-0.25, -0.2) is 14.7 Å². The maximum atomic E-state index is 13.3. The Morgan fingerprint density at radius 2 is 1.67 bits per heavy atom. The summed E-state index contributed by atoms with van der Waals surface area (Å²) in [5, 5.41) is 7.57. The Morgan fingerprint density at radius 1 is 0.875 bits per heavy atom. The molecule has 0 N–H and O–H groups in total. The lowest BCUT2D eigenvalue weighted by molar-refractivity contribution is -0.121. The molecule has 3 aliphatic rings. The number of carbonyl (C=O) groups excluding carboxylic acids is 4. The van der Waals surface area contributed by atoms with E-state index in [2.05, 4.69) is 27.3 Å². The molecule has 8 rings (SSSR count). The van der Waals surface area contributed by atoms with E-state index in [1.807, 2.05) is 30.3 Å². The van der Waals surface area contributed by atoms with E-state index >= 15 is 0 Å². The van der Waals surface area contributed by atoms with Crippen LogP contribution in [0.2, 0.25) is 0 Å². The number of anilines is 1. The van der Waals surface area contributed by atoms with Crippen molar-refractivity contribution in [1.82, 2.24) is 15.2 Å². The zero-order chi connectivity index (χ0) is 32.8. The van der Waals surface area contributed by atoms with Gasteiger partial charge in [0.15, 0.2) is 23.9 Å². The number of amides is 2. The van der Waals surface area contributed by atoms with E-state index in [4.69, 9.17) is 14.2 Å². The first-order valence-corrected chi connectivity index (χ1v) is 15.9. The molecule has 0 spiro atoms. The van der Waals surface area contributed by atoms with Crippen LogP contribution in [0.3, 0.4) is 0 Å². The molecule has 1 unspecified atom stereocenters. The number of ether oxygens (including phenoxy) is 3. The molecule has 4 aromatic carbocycles. The smallest absolute Gasteiger partial charge is 0.338 e. The van der Waals surface area contributed by atoms with E-state index in [0.29, 0.717) is 28.4 Å². The Balaban J connectivity index is 0.889. The van der Waals surface area contributed by atoms with E-state index < -0.39 is 29.6 Å². The summed E-state index contributed by atoms with van der Waals surface area (Å²) in [7, 11) is 0. The topological polar surface area (TPSA) is 138 Å². The number of rotatable bonds is 8. The number of imide groups is 1. The molecule has 3 heterocycles. The van der Waals surface area contributed by atoms with E-state index in [1.165, 1.54) is 41.6 Å². The summed E-state index contributed by atoms with van der Waals surface area (Å²) in [6, 6.07) is 25.0. The lowest BCUT2D eigenvalue weighted by atomic mass is 10.0. The third-order valence-electron chi connectivity index (χ3n) is 8.37. The Hall–Kier alpha value is -5.88. The fourth-order valence-electron chi connectivity index (χ4n) is 5.99. The van der Waals surface area contributed by atoms with Gasteiger partial charge in [-0.15, -0.1) is 5.10 Å². The zero-order valence-corrected chi connectivity index (χ0v) is 25.9. The highest BCUT2D eigenvalue weighted by Gasteiger charge is 2.41. The minimum absolute atomic E-state index is 0.0538. The third kappa shape index (κ3) is 5.45. The van der Waals surface area contributed by atoms with Gasteiger partial charge in [0, 0.05) is 17.5 Å². The molecule has 1 aliphatic carbocycles. The van der Waals surface area contributed by atoms with Gasteiger partial charge in [-0.3, -0.25) is 14.4 Å². The van der Waals surface area contributed by atoms with E-state index in [-0.39, 0.29) is 29.7 Å². The molecule has 1 fully saturated rings. The number of hydrogen-bond acceptors (Lipinski definition) is 11. The van der Waals surface area contributed by atoms with Gasteiger partial charge in [0.1, 0.15) is 5.25 Å². The molecule has 236 valence electrons. The predicted octanol–water partition coefficient (Wildman–Crippen LogP) is 5.30. The largest absolute Gasteiger partial charge is 0.454 e. The van der Waals surface area contributed by atoms with Crippen molar-refractivity contribution >= 4 is 41.0 Å². The molecule has 2 amide bonds. The summed E-state index contributed by atoms with van der Waals surface area (Å²) in [6.45, 7) is -0.266. The van der Waals surface area contributed by atoms with Gasteiger partial charge in [-0.2, -0.15) is 5.10 Å². The summed E-state index contributed by atoms with van der Waals surface area (Å²) < 4.78 is 16.1. The van der Waals surface area contributed by atoms with Crippen molar-refractivity contribution in [3.05, 3.63) is 113 Å². The van der Waals surface area contributed by atoms with Crippen LogP contribution in [0.15, 0.2) is 96.3 Å². The first-order chi connectivity index (χ1) is 23.4. The summed E-state index contributed by atoms with van der Waals surface area (Å²) in [4.78, 5) is 57.5. The minimum atomic E-state index is -0.754. The fourth-order valence-corrected chi connectivity index (χ4v) is 6.92. The second kappa shape index (κ2) is 12.0. The van der Waals surface area contributed by atoms with Gasteiger partial charge in [-0.1, -0.05) is 48.2 Å². The average molecular weight is 657 g/mol. The second-order valence-electron chi connectivity index (χ2n) is 11.3. The Bertz CT molecular complexity index is 2150. The van der Waals surface area contributed by atoms with Crippen LogP contribution in [0.4, 0.5) is 5.69 Å². The van der Waals surface area contributed by atoms with Crippen LogP contribution in [-0.4, -0.2) is 57.4 Å². The van der Waals surface area contributed by atoms with Gasteiger partial charge in [0.25, 0.3) is 0 Å². The van der Waals surface area contributed by atoms with Crippen molar-refractivity contribution in [3.8, 4) is 33.9 Å². The standard InChI is InChI=1S/C36H24N4O7S/c41-29(23-7-11-27-24(14-23)13-21-3-1-2-4-26(21)27)18-45-35(44)20-5-9-25(10-6-20)40-33(42)16-32(34(40)43)48-36-38-28(17-37-39-36)22-8-12-30-31(15-22)47-19-46-30/h1-12,14-15,17,32H,13,16,18-19H2. The normalized spacial score (nSPS) is 15.8. The van der Waals surface area contributed by atoms with Crippen LogP contribution >= 0.6 is 11.8 Å². The quantitative estimate of drug-likeness (QED) is 0.120. The lowest BCUT2D eigenvalue weighted by Gasteiger charge is -2.15. The SMILES string of the molecule is O=C(COC(=O)c1ccc(N2C(=O)CC(Sc3nncc(-c4ccc5c(c4)OCO5)n3)C2=O)cc1)c1ccc2c(c1)Cc1ccccc1-2. The highest BCUT2D eigenvalue weighted by atomic mass is 32.2. The molecule has 1 saturated heterocycles. The van der Waals surface area contributed by atoms with Crippen LogP contribution in [-0.2, 0) is 20.7 Å². The van der Waals surface area contributed by atoms with Crippen molar-refractivity contribution < 1.29 is 33.4 Å². The van der Waals surface area contributed by atoms with Crippen LogP contribution < -0.4 is 14.4 Å². The molecule has 48 heavy (non-hydrogen) atoms. The van der Waals surface area contributed by atoms with Crippen molar-refractivity contribution in [2.24, 2.45) is 0 Å². The molecule has 0 saturated carbocycles. The van der Waals surface area contributed by atoms with Crippen molar-refractivity contribution in [3.63, 3.8) is 0 Å². The number of thioether (sulfide) groups is 1. The van der Waals surface area contributed by atoms with Crippen LogP contribution in [0.5, 0.6) is 11.5 Å². The van der Waals surface area contributed by atoms with Crippen molar-refractivity contribution in [2.45, 2.75) is 23.2 Å². The van der Waals surface area contributed by atoms with Gasteiger partial charge in [0.2, 0.25) is 23.8 Å². The Kier molecular flexibility index (Phi) is 7.41. The number of ketones is 1. The van der Waals surface area contributed by atoms with Crippen LogP contribution in [0.1, 0.15) is 38.3 Å². The molecule has 5 aromatic rings. The van der Waals surface area contributed by atoms with Crippen molar-refractivity contribution in [1.29, 1.82) is 0 Å². The third-order valence-corrected chi connectivity index (χ3v) is 9.41. The number of benzene rings is 4. The first-order valence-electron chi connectivity index (χ1n) is 15.1. The van der Waals surface area contributed by atoms with Gasteiger partial charge < -0.3 is 14.2 Å². The molecular formula is C36H24N4O7S. The second-order valence-corrected chi connectivity index (χ2v) is 12.5. The highest BCUT2D eigenvalue weighted by molar-refractivity contribution is 8.00. The maximum absolute atomic E-state index is 13.3. The lowest BCUT2D eigenvalue weighted by Crippen LogP contribution is -2.31. The van der Waals surface area contributed by atoms with E-state index in [9.17, 15) is 19.2 Å². The number of aromatic nitrogens is 3. The van der Waals surface area contributed by atoms with E-state index in [1.54, 1.807) is 18.2 Å². The summed E-state index contributed by atoms with van der Waals surface area (Å²) in [6.07, 6.45) is 2.20. The number of Topliss-reactive ketones (excluding diaryl/α,β-unsaturated/α-hetero) is 1. The van der Waals surface area contributed by atoms with Gasteiger partial charge in [-0.05, 0) is 77.2 Å². The molecule has 11 nitrogen and oxygen atoms in total. The molecule has 0 radical (unpaired) electrons. The Labute approximate surface area is 277 Å². The summed E-state index contributed by atoms with van der Waals surface area (Å²) >= 11 is 1.06. The molecular weight excluding hydrogens is 632 g/mol. The minimum Gasteiger partial charge on any atom is -0.454 e. The number of fused-ring (bicyclic) bond motifs is 4. The maximum Gasteiger partial charge on any atom is 0.338 e. The Morgan fingerprint density at radius 3 is 2.54 bits per heavy atom. The zero-order valence-electron chi connectivity index (χ0n) is 25.1. The van der Waals surface area contributed by atoms with Crippen molar-refractivity contribution in [2.75, 3.05) is 18.3 Å². The number of esters is 1. The molecule has 0 bridgehead atoms. The van der Waals surface area contributed by atoms with Gasteiger partial charge in [0.05, 0.1) is 23.1 Å². The number of carbonyl (C=O) groups is 4. The van der Waals surface area contributed by atoms with Crippen LogP contribution in [0.25, 0.3) is 22.4 Å². The predicted molar refractivity (Wildman–Crippen MR) is 174 cm³/mol. The summed E-state index contributed by atoms with van der Waals surface area (Å²) in [5.41, 5.74) is 6.80. The monoisotopic (exact) mass is 656 g/mol. The van der Waals surface area contributed by atoms with Gasteiger partial charge >= 0.3 is 5.97 Å². The van der Waals surface area contributed by atoms with E-state index in [0.717, 1.165) is 39.8 Å². The highest BCUT2D eigenvalue weighted by Crippen LogP contribution is 2.38. The fraction of sp³-hybridized carbons (Fsp3) is 0.139. The summed E-state index contributed by atoms with van der Waals surface area (Å²) in [5.74, 6) is -0.583. The molecule has 1 atom stereocenters. The molecule has 1 aromatic heterocycles.